The maximum Gasteiger partial charge on any atom is 0.414 e. The van der Waals surface area contributed by atoms with E-state index in [1.54, 1.807) is 0 Å². The third-order valence-electron chi connectivity index (χ3n) is 2.46. The highest BCUT2D eigenvalue weighted by Crippen LogP contribution is 2.32. The van der Waals surface area contributed by atoms with E-state index in [1.807, 2.05) is 26.6 Å². The maximum absolute atomic E-state index is 10.4. The van der Waals surface area contributed by atoms with Crippen molar-refractivity contribution in [2.75, 3.05) is 0 Å². The summed E-state index contributed by atoms with van der Waals surface area (Å²) in [6.07, 6.45) is 5.58. The summed E-state index contributed by atoms with van der Waals surface area (Å²) in [5, 5.41) is 0. The van der Waals surface area contributed by atoms with Gasteiger partial charge >= 0.3 is 7.39 Å². The Kier molecular flexibility index (Phi) is 5.32. The number of hydrogen-bond acceptors (Lipinski definition) is 2. The predicted molar refractivity (Wildman–Crippen MR) is 83.6 cm³/mol. The average Bonchev–Trinajstić information content (AvgIpc) is 1.97. The molecule has 0 aromatic carbocycles. The fraction of sp³-hybridized carbons (Fsp3) is 0.818. The van der Waals surface area contributed by atoms with Crippen LogP contribution in [0.3, 0.4) is 0 Å². The van der Waals surface area contributed by atoms with Crippen LogP contribution in [0, 0.1) is 12.3 Å². The highest BCUT2D eigenvalue weighted by molar-refractivity contribution is 7.53. The maximum atomic E-state index is 10.4. The standard InChI is InChI=1S/C11H25ClO2Si3/c1-9-11(2,10-15(3,4)5)14-17(12,13)16(6,7)8/h1,13H,10H2,2-8H3. The van der Waals surface area contributed by atoms with Crippen molar-refractivity contribution in [1.82, 2.24) is 0 Å². The van der Waals surface area contributed by atoms with E-state index in [0.29, 0.717) is 0 Å². The van der Waals surface area contributed by atoms with Gasteiger partial charge in [-0.15, -0.1) is 17.5 Å². The summed E-state index contributed by atoms with van der Waals surface area (Å²) in [5.74, 6) is 2.69. The van der Waals surface area contributed by atoms with Crippen LogP contribution in [0.5, 0.6) is 0 Å². The topological polar surface area (TPSA) is 29.5 Å². The number of terminal acetylenes is 1. The lowest BCUT2D eigenvalue weighted by molar-refractivity contribution is 0.139. The van der Waals surface area contributed by atoms with Gasteiger partial charge in [0.2, 0.25) is 0 Å². The molecule has 1 N–H and O–H groups in total. The summed E-state index contributed by atoms with van der Waals surface area (Å²) in [7, 11) is -6.47. The Morgan fingerprint density at radius 1 is 1.24 bits per heavy atom. The summed E-state index contributed by atoms with van der Waals surface area (Å²) in [4.78, 5) is 10.4. The van der Waals surface area contributed by atoms with E-state index in [2.05, 4.69) is 25.6 Å². The highest BCUT2D eigenvalue weighted by Gasteiger charge is 2.51. The first kappa shape index (κ1) is 17.4. The molecule has 0 saturated heterocycles. The van der Waals surface area contributed by atoms with Crippen molar-refractivity contribution < 1.29 is 9.22 Å². The quantitative estimate of drug-likeness (QED) is 0.479. The SMILES string of the molecule is C#CC(C)(C[Si](C)(C)C)O[Si](O)(Cl)[Si](C)(C)C. The van der Waals surface area contributed by atoms with Crippen LogP contribution in [0.2, 0.25) is 45.3 Å². The van der Waals surface area contributed by atoms with Gasteiger partial charge < -0.3 is 9.22 Å². The van der Waals surface area contributed by atoms with Gasteiger partial charge in [0.15, 0.2) is 0 Å². The first-order valence-corrected chi connectivity index (χ1v) is 16.9. The monoisotopic (exact) mass is 308 g/mol. The minimum absolute atomic E-state index is 0.729. The number of hydrogen-bond donors (Lipinski definition) is 1. The van der Waals surface area contributed by atoms with E-state index in [1.165, 1.54) is 0 Å². The molecule has 17 heavy (non-hydrogen) atoms. The molecule has 0 aliphatic carbocycles. The third-order valence-corrected chi connectivity index (χ3v) is 18.0. The van der Waals surface area contributed by atoms with E-state index in [4.69, 9.17) is 21.9 Å². The molecule has 2 nitrogen and oxygen atoms in total. The minimum atomic E-state index is -3.17. The zero-order valence-electron chi connectivity index (χ0n) is 12.0. The van der Waals surface area contributed by atoms with Crippen LogP contribution < -0.4 is 0 Å². The van der Waals surface area contributed by atoms with Gasteiger partial charge in [0, 0.05) is 8.07 Å². The fourth-order valence-corrected chi connectivity index (χ4v) is 7.06. The van der Waals surface area contributed by atoms with Crippen LogP contribution in [0.1, 0.15) is 6.92 Å². The Labute approximate surface area is 113 Å². The molecular weight excluding hydrogens is 284 g/mol. The molecule has 0 aromatic heterocycles. The molecule has 0 aliphatic rings. The second-order valence-electron chi connectivity index (χ2n) is 7.03. The van der Waals surface area contributed by atoms with Crippen LogP contribution in [0.15, 0.2) is 0 Å². The summed E-state index contributed by atoms with van der Waals surface area (Å²) in [5.41, 5.74) is -0.729. The Bertz CT molecular complexity index is 312. The smallest absolute Gasteiger partial charge is 0.402 e. The summed E-state index contributed by atoms with van der Waals surface area (Å²) >= 11 is 6.26. The molecule has 0 spiro atoms. The van der Waals surface area contributed by atoms with Gasteiger partial charge in [-0.25, -0.2) is 0 Å². The lowest BCUT2D eigenvalue weighted by Crippen LogP contribution is -2.60. The van der Waals surface area contributed by atoms with Crippen molar-refractivity contribution in [1.29, 1.82) is 0 Å². The Hall–Kier alpha value is 0.421. The van der Waals surface area contributed by atoms with Crippen LogP contribution >= 0.6 is 11.1 Å². The highest BCUT2D eigenvalue weighted by atomic mass is 35.6. The molecule has 0 saturated carbocycles. The van der Waals surface area contributed by atoms with Gasteiger partial charge in [-0.3, -0.25) is 0 Å². The van der Waals surface area contributed by atoms with Crippen molar-refractivity contribution in [2.24, 2.45) is 0 Å². The molecule has 2 unspecified atom stereocenters. The molecule has 100 valence electrons. The third kappa shape index (κ3) is 5.73. The van der Waals surface area contributed by atoms with E-state index >= 15 is 0 Å². The van der Waals surface area contributed by atoms with Crippen LogP contribution in [-0.4, -0.2) is 33.5 Å². The molecule has 0 heterocycles. The Morgan fingerprint density at radius 2 is 1.65 bits per heavy atom. The lowest BCUT2D eigenvalue weighted by Gasteiger charge is -2.39. The zero-order chi connectivity index (χ0) is 14.1. The van der Waals surface area contributed by atoms with E-state index in [0.717, 1.165) is 6.04 Å². The van der Waals surface area contributed by atoms with Gasteiger partial charge in [-0.2, -0.15) is 0 Å². The van der Waals surface area contributed by atoms with Gasteiger partial charge in [-0.05, 0) is 13.0 Å². The molecule has 0 bridgehead atoms. The van der Waals surface area contributed by atoms with Crippen molar-refractivity contribution >= 4 is 34.1 Å². The first-order valence-electron chi connectivity index (χ1n) is 5.82. The van der Waals surface area contributed by atoms with Crippen molar-refractivity contribution in [3.63, 3.8) is 0 Å². The molecule has 0 fully saturated rings. The van der Waals surface area contributed by atoms with Crippen molar-refractivity contribution in [2.45, 2.75) is 57.9 Å². The number of rotatable bonds is 5. The van der Waals surface area contributed by atoms with Gasteiger partial charge in [0.1, 0.15) is 13.2 Å². The average molecular weight is 309 g/mol. The van der Waals surface area contributed by atoms with Crippen LogP contribution in [0.4, 0.5) is 0 Å². The van der Waals surface area contributed by atoms with Gasteiger partial charge in [-0.1, -0.05) is 45.2 Å². The molecule has 0 aliphatic heterocycles. The summed E-state index contributed by atoms with van der Waals surface area (Å²) < 4.78 is 5.84. The molecule has 6 heteroatoms. The summed E-state index contributed by atoms with van der Waals surface area (Å²) in [6.45, 7) is 14.6. The lowest BCUT2D eigenvalue weighted by atomic mass is 10.2. The molecule has 0 aromatic rings. The van der Waals surface area contributed by atoms with E-state index in [9.17, 15) is 4.80 Å². The van der Waals surface area contributed by atoms with Crippen LogP contribution in [-0.2, 0) is 4.43 Å². The number of halogens is 1. The van der Waals surface area contributed by atoms with Gasteiger partial charge in [0.05, 0.1) is 0 Å². The second kappa shape index (κ2) is 5.19. The van der Waals surface area contributed by atoms with Gasteiger partial charge in [0.25, 0.3) is 0 Å². The summed E-state index contributed by atoms with van der Waals surface area (Å²) in [6, 6.07) is 0.809. The minimum Gasteiger partial charge on any atom is -0.402 e. The largest absolute Gasteiger partial charge is 0.414 e. The first-order chi connectivity index (χ1) is 7.22. The predicted octanol–water partition coefficient (Wildman–Crippen LogP) is 3.32. The Morgan fingerprint density at radius 3 is 1.88 bits per heavy atom. The van der Waals surface area contributed by atoms with Crippen molar-refractivity contribution in [3.8, 4) is 12.3 Å². The van der Waals surface area contributed by atoms with E-state index in [-0.39, 0.29) is 0 Å². The fourth-order valence-electron chi connectivity index (χ4n) is 1.58. The molecule has 0 radical (unpaired) electrons. The normalized spacial score (nSPS) is 20.2. The van der Waals surface area contributed by atoms with Crippen molar-refractivity contribution in [3.05, 3.63) is 0 Å². The molecular formula is C11H25ClO2Si3. The van der Waals surface area contributed by atoms with Crippen LogP contribution in [0.25, 0.3) is 0 Å². The molecule has 2 atom stereocenters. The Balaban J connectivity index is 5.02. The second-order valence-corrected chi connectivity index (χ2v) is 27.3. The zero-order valence-corrected chi connectivity index (χ0v) is 15.8. The molecule has 0 amide bonds. The van der Waals surface area contributed by atoms with E-state index < -0.39 is 28.7 Å². The molecule has 0 rings (SSSR count).